The van der Waals surface area contributed by atoms with Crippen molar-refractivity contribution in [3.8, 4) is 5.75 Å². The van der Waals surface area contributed by atoms with E-state index >= 15 is 0 Å². The van der Waals surface area contributed by atoms with Crippen molar-refractivity contribution in [1.82, 2.24) is 5.32 Å². The van der Waals surface area contributed by atoms with Crippen molar-refractivity contribution in [3.05, 3.63) is 29.8 Å². The quantitative estimate of drug-likeness (QED) is 0.767. The molecule has 90 valence electrons. The minimum Gasteiger partial charge on any atom is -0.494 e. The fourth-order valence-corrected chi connectivity index (χ4v) is 1.54. The van der Waals surface area contributed by atoms with Gasteiger partial charge >= 0.3 is 0 Å². The average Bonchev–Trinajstić information content (AvgIpc) is 2.28. The van der Waals surface area contributed by atoms with Gasteiger partial charge in [0.25, 0.3) is 0 Å². The van der Waals surface area contributed by atoms with Crippen LogP contribution in [0.5, 0.6) is 5.75 Å². The summed E-state index contributed by atoms with van der Waals surface area (Å²) in [7, 11) is 3.65. The maximum Gasteiger partial charge on any atom is 0.119 e. The van der Waals surface area contributed by atoms with Crippen LogP contribution in [0.4, 0.5) is 0 Å². The number of likely N-dealkylation sites (N-methyl/N-ethyl adjacent to an activating group) is 1. The molecular formula is C13H21NO2. The van der Waals surface area contributed by atoms with E-state index in [-0.39, 0.29) is 0 Å². The van der Waals surface area contributed by atoms with Crippen LogP contribution in [0.2, 0.25) is 0 Å². The van der Waals surface area contributed by atoms with Crippen LogP contribution in [0, 0.1) is 6.92 Å². The van der Waals surface area contributed by atoms with E-state index in [1.165, 1.54) is 5.56 Å². The first-order chi connectivity index (χ1) is 7.76. The largest absolute Gasteiger partial charge is 0.494 e. The van der Waals surface area contributed by atoms with Gasteiger partial charge in [-0.15, -0.1) is 0 Å². The molecule has 0 aromatic heterocycles. The minimum atomic E-state index is 0.356. The molecule has 0 amide bonds. The van der Waals surface area contributed by atoms with Gasteiger partial charge in [-0.1, -0.05) is 12.1 Å². The minimum absolute atomic E-state index is 0.356. The molecular weight excluding hydrogens is 202 g/mol. The monoisotopic (exact) mass is 223 g/mol. The number of methoxy groups -OCH3 is 1. The summed E-state index contributed by atoms with van der Waals surface area (Å²) in [5, 5.41) is 3.20. The molecule has 0 aliphatic heterocycles. The van der Waals surface area contributed by atoms with Gasteiger partial charge in [0.2, 0.25) is 0 Å². The summed E-state index contributed by atoms with van der Waals surface area (Å²) in [4.78, 5) is 0. The first-order valence-electron chi connectivity index (χ1n) is 5.62. The van der Waals surface area contributed by atoms with E-state index in [2.05, 4.69) is 18.3 Å². The Hall–Kier alpha value is -1.06. The molecule has 0 heterocycles. The lowest BCUT2D eigenvalue weighted by molar-refractivity contribution is 0.155. The van der Waals surface area contributed by atoms with Crippen molar-refractivity contribution in [2.45, 2.75) is 19.4 Å². The van der Waals surface area contributed by atoms with Crippen molar-refractivity contribution in [3.63, 3.8) is 0 Å². The fraction of sp³-hybridized carbons (Fsp3) is 0.538. The number of hydrogen-bond donors (Lipinski definition) is 1. The Morgan fingerprint density at radius 3 is 2.81 bits per heavy atom. The lowest BCUT2D eigenvalue weighted by Gasteiger charge is -2.15. The number of hydrogen-bond acceptors (Lipinski definition) is 3. The molecule has 1 N–H and O–H groups in total. The first-order valence-corrected chi connectivity index (χ1v) is 5.62. The number of ether oxygens (including phenoxy) is 2. The zero-order valence-corrected chi connectivity index (χ0v) is 10.3. The Labute approximate surface area is 97.8 Å². The van der Waals surface area contributed by atoms with Crippen molar-refractivity contribution in [2.75, 3.05) is 27.4 Å². The second-order valence-electron chi connectivity index (χ2n) is 3.89. The molecule has 1 aromatic carbocycles. The fourth-order valence-electron chi connectivity index (χ4n) is 1.54. The van der Waals surface area contributed by atoms with Crippen LogP contribution < -0.4 is 10.1 Å². The third kappa shape index (κ3) is 4.64. The topological polar surface area (TPSA) is 30.5 Å². The van der Waals surface area contributed by atoms with E-state index in [9.17, 15) is 0 Å². The summed E-state index contributed by atoms with van der Waals surface area (Å²) >= 11 is 0. The van der Waals surface area contributed by atoms with Crippen molar-refractivity contribution < 1.29 is 9.47 Å². The SMILES string of the molecule is CNC(CCOc1cccc(C)c1)COC. The average molecular weight is 223 g/mol. The molecule has 0 bridgehead atoms. The standard InChI is InChI=1S/C13H21NO2/c1-11-5-4-6-13(9-11)16-8-7-12(14-2)10-15-3/h4-6,9,12,14H,7-8,10H2,1-3H3. The molecule has 16 heavy (non-hydrogen) atoms. The highest BCUT2D eigenvalue weighted by atomic mass is 16.5. The molecule has 0 fully saturated rings. The predicted octanol–water partition coefficient (Wildman–Crippen LogP) is 2.00. The van der Waals surface area contributed by atoms with Crippen LogP contribution in [-0.4, -0.2) is 33.4 Å². The smallest absolute Gasteiger partial charge is 0.119 e. The maximum atomic E-state index is 5.67. The van der Waals surface area contributed by atoms with Crippen molar-refractivity contribution in [1.29, 1.82) is 0 Å². The molecule has 0 spiro atoms. The summed E-state index contributed by atoms with van der Waals surface area (Å²) < 4.78 is 10.8. The van der Waals surface area contributed by atoms with Gasteiger partial charge < -0.3 is 14.8 Å². The molecule has 0 aliphatic carbocycles. The number of rotatable bonds is 7. The highest BCUT2D eigenvalue weighted by Gasteiger charge is 2.05. The Bertz CT molecular complexity index is 302. The van der Waals surface area contributed by atoms with E-state index in [4.69, 9.17) is 9.47 Å². The van der Waals surface area contributed by atoms with Crippen molar-refractivity contribution in [2.24, 2.45) is 0 Å². The first kappa shape index (κ1) is 13.0. The van der Waals surface area contributed by atoms with E-state index in [0.29, 0.717) is 19.3 Å². The number of aryl methyl sites for hydroxylation is 1. The third-order valence-electron chi connectivity index (χ3n) is 2.50. The molecule has 0 saturated carbocycles. The van der Waals surface area contributed by atoms with Gasteiger partial charge in [-0.2, -0.15) is 0 Å². The lowest BCUT2D eigenvalue weighted by atomic mass is 10.2. The normalized spacial score (nSPS) is 12.4. The Morgan fingerprint density at radius 2 is 2.19 bits per heavy atom. The molecule has 1 aromatic rings. The second-order valence-corrected chi connectivity index (χ2v) is 3.89. The summed E-state index contributed by atoms with van der Waals surface area (Å²) in [6.45, 7) is 3.49. The third-order valence-corrected chi connectivity index (χ3v) is 2.50. The van der Waals surface area contributed by atoms with Gasteiger partial charge in [0, 0.05) is 13.2 Å². The second kappa shape index (κ2) is 7.25. The summed E-state index contributed by atoms with van der Waals surface area (Å²) in [5.41, 5.74) is 1.22. The molecule has 0 radical (unpaired) electrons. The Balaban J connectivity index is 2.29. The summed E-state index contributed by atoms with van der Waals surface area (Å²) in [6.07, 6.45) is 0.943. The Morgan fingerprint density at radius 1 is 1.38 bits per heavy atom. The van der Waals surface area contributed by atoms with E-state index in [1.807, 2.05) is 25.2 Å². The van der Waals surface area contributed by atoms with Gasteiger partial charge in [0.15, 0.2) is 0 Å². The van der Waals surface area contributed by atoms with Crippen LogP contribution >= 0.6 is 0 Å². The summed E-state index contributed by atoms with van der Waals surface area (Å²) in [6, 6.07) is 8.46. The lowest BCUT2D eigenvalue weighted by Crippen LogP contribution is -2.31. The molecule has 0 saturated heterocycles. The van der Waals surface area contributed by atoms with Gasteiger partial charge in [-0.25, -0.2) is 0 Å². The van der Waals surface area contributed by atoms with Gasteiger partial charge in [0.05, 0.1) is 13.2 Å². The Kier molecular flexibility index (Phi) is 5.90. The van der Waals surface area contributed by atoms with Gasteiger partial charge in [0.1, 0.15) is 5.75 Å². The number of benzene rings is 1. The predicted molar refractivity (Wildman–Crippen MR) is 66.0 cm³/mol. The molecule has 0 aliphatic rings. The maximum absolute atomic E-state index is 5.67. The zero-order valence-electron chi connectivity index (χ0n) is 10.3. The van der Waals surface area contributed by atoms with Gasteiger partial charge in [-0.05, 0) is 38.1 Å². The van der Waals surface area contributed by atoms with Crippen LogP contribution in [0.1, 0.15) is 12.0 Å². The van der Waals surface area contributed by atoms with E-state index in [0.717, 1.165) is 12.2 Å². The van der Waals surface area contributed by atoms with Crippen LogP contribution in [0.15, 0.2) is 24.3 Å². The van der Waals surface area contributed by atoms with Crippen LogP contribution in [0.3, 0.4) is 0 Å². The van der Waals surface area contributed by atoms with Crippen LogP contribution in [0.25, 0.3) is 0 Å². The summed E-state index contributed by atoms with van der Waals surface area (Å²) in [5.74, 6) is 0.937. The van der Waals surface area contributed by atoms with E-state index in [1.54, 1.807) is 7.11 Å². The highest BCUT2D eigenvalue weighted by Crippen LogP contribution is 2.12. The van der Waals surface area contributed by atoms with Gasteiger partial charge in [-0.3, -0.25) is 0 Å². The number of nitrogens with one attached hydrogen (secondary N) is 1. The van der Waals surface area contributed by atoms with E-state index < -0.39 is 0 Å². The van der Waals surface area contributed by atoms with Crippen molar-refractivity contribution >= 4 is 0 Å². The molecule has 1 atom stereocenters. The van der Waals surface area contributed by atoms with Crippen LogP contribution in [-0.2, 0) is 4.74 Å². The molecule has 3 heteroatoms. The molecule has 1 unspecified atom stereocenters. The molecule has 3 nitrogen and oxygen atoms in total. The highest BCUT2D eigenvalue weighted by molar-refractivity contribution is 5.27. The molecule has 1 rings (SSSR count). The zero-order chi connectivity index (χ0) is 11.8.